The molecular formula is C13H16BrN3O. The molecule has 2 rings (SSSR count). The fraction of sp³-hybridized carbons (Fsp3) is 0.385. The molecule has 0 bridgehead atoms. The van der Waals surface area contributed by atoms with E-state index in [0.29, 0.717) is 18.3 Å². The summed E-state index contributed by atoms with van der Waals surface area (Å²) in [5.74, 6) is 1.17. The number of rotatable bonds is 5. The normalized spacial score (nSPS) is 10.8. The average molecular weight is 310 g/mol. The number of hydrogen-bond acceptors (Lipinski definition) is 4. The van der Waals surface area contributed by atoms with Gasteiger partial charge in [0.2, 0.25) is 11.8 Å². The summed E-state index contributed by atoms with van der Waals surface area (Å²) in [6.07, 6.45) is 1.09. The Bertz CT molecular complexity index is 525. The van der Waals surface area contributed by atoms with E-state index in [1.165, 1.54) is 0 Å². The van der Waals surface area contributed by atoms with Crippen molar-refractivity contribution >= 4 is 15.9 Å². The third-order valence-corrected chi connectivity index (χ3v) is 3.21. The standard InChI is InChI=1S/C13H16BrN3O/c1-3-6-15-8-12-16-17-13(18-12)10-7-9(2)4-5-11(10)14/h4-5,7,15H,3,6,8H2,1-2H3. The fourth-order valence-electron chi connectivity index (χ4n) is 1.61. The Morgan fingerprint density at radius 2 is 2.17 bits per heavy atom. The summed E-state index contributed by atoms with van der Waals surface area (Å²) in [6, 6.07) is 6.05. The van der Waals surface area contributed by atoms with Gasteiger partial charge in [0.15, 0.2) is 0 Å². The number of nitrogens with one attached hydrogen (secondary N) is 1. The van der Waals surface area contributed by atoms with Gasteiger partial charge < -0.3 is 9.73 Å². The Balaban J connectivity index is 2.16. The lowest BCUT2D eigenvalue weighted by molar-refractivity contribution is 0.477. The second-order valence-electron chi connectivity index (χ2n) is 4.16. The first-order valence-electron chi connectivity index (χ1n) is 6.00. The molecule has 18 heavy (non-hydrogen) atoms. The average Bonchev–Trinajstić information content (AvgIpc) is 2.81. The molecule has 96 valence electrons. The van der Waals surface area contributed by atoms with Crippen molar-refractivity contribution in [2.75, 3.05) is 6.54 Å². The van der Waals surface area contributed by atoms with E-state index in [9.17, 15) is 0 Å². The summed E-state index contributed by atoms with van der Waals surface area (Å²) >= 11 is 3.50. The monoisotopic (exact) mass is 309 g/mol. The topological polar surface area (TPSA) is 51.0 Å². The van der Waals surface area contributed by atoms with Crippen LogP contribution in [0.3, 0.4) is 0 Å². The number of halogens is 1. The fourth-order valence-corrected chi connectivity index (χ4v) is 2.03. The minimum Gasteiger partial charge on any atom is -0.419 e. The van der Waals surface area contributed by atoms with Crippen LogP contribution in [0.4, 0.5) is 0 Å². The van der Waals surface area contributed by atoms with E-state index in [-0.39, 0.29) is 0 Å². The predicted octanol–water partition coefficient (Wildman–Crippen LogP) is 3.31. The van der Waals surface area contributed by atoms with Crippen LogP contribution < -0.4 is 5.32 Å². The van der Waals surface area contributed by atoms with E-state index >= 15 is 0 Å². The lowest BCUT2D eigenvalue weighted by Crippen LogP contribution is -2.13. The highest BCUT2D eigenvalue weighted by Gasteiger charge is 2.11. The molecule has 4 nitrogen and oxygen atoms in total. The Labute approximate surface area is 115 Å². The molecule has 0 radical (unpaired) electrons. The van der Waals surface area contributed by atoms with Crippen molar-refractivity contribution in [2.45, 2.75) is 26.8 Å². The van der Waals surface area contributed by atoms with Gasteiger partial charge in [-0.3, -0.25) is 0 Å². The van der Waals surface area contributed by atoms with Crippen LogP contribution >= 0.6 is 15.9 Å². The summed E-state index contributed by atoms with van der Waals surface area (Å²) in [5, 5.41) is 11.3. The highest BCUT2D eigenvalue weighted by molar-refractivity contribution is 9.10. The van der Waals surface area contributed by atoms with Gasteiger partial charge in [-0.25, -0.2) is 0 Å². The van der Waals surface area contributed by atoms with Gasteiger partial charge in [-0.05, 0) is 48.0 Å². The van der Waals surface area contributed by atoms with Crippen molar-refractivity contribution in [3.63, 3.8) is 0 Å². The first-order valence-corrected chi connectivity index (χ1v) is 6.79. The number of aromatic nitrogens is 2. The van der Waals surface area contributed by atoms with Gasteiger partial charge in [0.1, 0.15) is 0 Å². The van der Waals surface area contributed by atoms with Crippen molar-refractivity contribution in [3.8, 4) is 11.5 Å². The second kappa shape index (κ2) is 6.11. The highest BCUT2D eigenvalue weighted by Crippen LogP contribution is 2.28. The summed E-state index contributed by atoms with van der Waals surface area (Å²) in [5.41, 5.74) is 2.10. The maximum absolute atomic E-state index is 5.64. The van der Waals surface area contributed by atoms with Gasteiger partial charge in [0, 0.05) is 4.47 Å². The van der Waals surface area contributed by atoms with Crippen LogP contribution in [-0.4, -0.2) is 16.7 Å². The van der Waals surface area contributed by atoms with Crippen LogP contribution in [0.5, 0.6) is 0 Å². The molecule has 0 amide bonds. The summed E-state index contributed by atoms with van der Waals surface area (Å²) < 4.78 is 6.60. The van der Waals surface area contributed by atoms with Crippen molar-refractivity contribution in [3.05, 3.63) is 34.1 Å². The number of hydrogen-bond donors (Lipinski definition) is 1. The molecule has 0 atom stereocenters. The molecule has 0 saturated heterocycles. The Morgan fingerprint density at radius 1 is 1.33 bits per heavy atom. The highest BCUT2D eigenvalue weighted by atomic mass is 79.9. The van der Waals surface area contributed by atoms with Crippen LogP contribution in [0, 0.1) is 6.92 Å². The third-order valence-electron chi connectivity index (χ3n) is 2.52. The predicted molar refractivity (Wildman–Crippen MR) is 74.2 cm³/mol. The SMILES string of the molecule is CCCNCc1nnc(-c2cc(C)ccc2Br)o1. The molecule has 1 aromatic heterocycles. The number of nitrogens with zero attached hydrogens (tertiary/aromatic N) is 2. The quantitative estimate of drug-likeness (QED) is 0.861. The lowest BCUT2D eigenvalue weighted by atomic mass is 10.1. The first-order chi connectivity index (χ1) is 8.70. The molecule has 2 aromatic rings. The van der Waals surface area contributed by atoms with E-state index in [1.807, 2.05) is 25.1 Å². The largest absolute Gasteiger partial charge is 0.419 e. The molecule has 0 aliphatic carbocycles. The van der Waals surface area contributed by atoms with Crippen molar-refractivity contribution in [2.24, 2.45) is 0 Å². The Hall–Kier alpha value is -1.20. The minimum atomic E-state index is 0.555. The van der Waals surface area contributed by atoms with Gasteiger partial charge in [0.05, 0.1) is 12.1 Å². The van der Waals surface area contributed by atoms with Crippen molar-refractivity contribution < 1.29 is 4.42 Å². The Kier molecular flexibility index (Phi) is 4.49. The van der Waals surface area contributed by atoms with E-state index in [2.05, 4.69) is 38.4 Å². The molecule has 0 aliphatic heterocycles. The molecular weight excluding hydrogens is 294 g/mol. The molecule has 0 unspecified atom stereocenters. The molecule has 1 N–H and O–H groups in total. The zero-order chi connectivity index (χ0) is 13.0. The molecule has 0 aliphatic rings. The molecule has 0 saturated carbocycles. The third kappa shape index (κ3) is 3.17. The Morgan fingerprint density at radius 3 is 2.94 bits per heavy atom. The number of aryl methyl sites for hydroxylation is 1. The maximum Gasteiger partial charge on any atom is 0.248 e. The van der Waals surface area contributed by atoms with Crippen molar-refractivity contribution in [1.29, 1.82) is 0 Å². The van der Waals surface area contributed by atoms with Gasteiger partial charge in [-0.1, -0.05) is 18.6 Å². The lowest BCUT2D eigenvalue weighted by Gasteiger charge is -2.00. The van der Waals surface area contributed by atoms with Crippen LogP contribution in [-0.2, 0) is 6.54 Å². The summed E-state index contributed by atoms with van der Waals surface area (Å²) in [6.45, 7) is 5.72. The van der Waals surface area contributed by atoms with Gasteiger partial charge in [-0.15, -0.1) is 10.2 Å². The zero-order valence-electron chi connectivity index (χ0n) is 10.5. The molecule has 0 fully saturated rings. The molecule has 1 heterocycles. The first kappa shape index (κ1) is 13.2. The van der Waals surface area contributed by atoms with Crippen LogP contribution in [0.1, 0.15) is 24.8 Å². The molecule has 0 spiro atoms. The van der Waals surface area contributed by atoms with E-state index < -0.39 is 0 Å². The van der Waals surface area contributed by atoms with Crippen LogP contribution in [0.2, 0.25) is 0 Å². The van der Waals surface area contributed by atoms with E-state index in [0.717, 1.165) is 28.6 Å². The van der Waals surface area contributed by atoms with Crippen LogP contribution in [0.15, 0.2) is 27.1 Å². The second-order valence-corrected chi connectivity index (χ2v) is 5.02. The van der Waals surface area contributed by atoms with Crippen molar-refractivity contribution in [1.82, 2.24) is 15.5 Å². The van der Waals surface area contributed by atoms with E-state index in [4.69, 9.17) is 4.42 Å². The summed E-state index contributed by atoms with van der Waals surface area (Å²) in [4.78, 5) is 0. The van der Waals surface area contributed by atoms with Gasteiger partial charge in [-0.2, -0.15) is 0 Å². The maximum atomic E-state index is 5.64. The molecule has 5 heteroatoms. The zero-order valence-corrected chi connectivity index (χ0v) is 12.1. The smallest absolute Gasteiger partial charge is 0.248 e. The van der Waals surface area contributed by atoms with Crippen LogP contribution in [0.25, 0.3) is 11.5 Å². The molecule has 1 aromatic carbocycles. The minimum absolute atomic E-state index is 0.555. The van der Waals surface area contributed by atoms with Gasteiger partial charge >= 0.3 is 0 Å². The number of benzene rings is 1. The van der Waals surface area contributed by atoms with E-state index in [1.54, 1.807) is 0 Å². The summed E-state index contributed by atoms with van der Waals surface area (Å²) in [7, 11) is 0. The van der Waals surface area contributed by atoms with Gasteiger partial charge in [0.25, 0.3) is 0 Å².